The van der Waals surface area contributed by atoms with Crippen molar-refractivity contribution in [2.24, 2.45) is 0 Å². The molecule has 2 heteroatoms. The first-order valence-electron chi connectivity index (χ1n) is 3.99. The molecule has 72 valence electrons. The van der Waals surface area contributed by atoms with Crippen molar-refractivity contribution in [2.75, 3.05) is 13.2 Å². The van der Waals surface area contributed by atoms with Crippen LogP contribution in [0.3, 0.4) is 0 Å². The van der Waals surface area contributed by atoms with Gasteiger partial charge in [-0.3, -0.25) is 0 Å². The smallest absolute Gasteiger partial charge is 0.0731 e. The first-order chi connectivity index (χ1) is 6.13. The highest BCUT2D eigenvalue weighted by Gasteiger charge is 2.00. The van der Waals surface area contributed by atoms with Crippen LogP contribution in [-0.4, -0.2) is 13.2 Å². The van der Waals surface area contributed by atoms with E-state index in [0.717, 1.165) is 15.6 Å². The van der Waals surface area contributed by atoms with E-state index in [9.17, 15) is 0 Å². The van der Waals surface area contributed by atoms with Crippen LogP contribution < -0.4 is 0 Å². The van der Waals surface area contributed by atoms with Crippen LogP contribution in [0.25, 0.3) is 0 Å². The topological polar surface area (TPSA) is 9.23 Å². The molecule has 0 N–H and O–H groups in total. The van der Waals surface area contributed by atoms with Crippen molar-refractivity contribution in [1.82, 2.24) is 0 Å². The van der Waals surface area contributed by atoms with E-state index in [1.165, 1.54) is 0 Å². The predicted molar refractivity (Wildman–Crippen MR) is 62.0 cm³/mol. The van der Waals surface area contributed by atoms with Gasteiger partial charge in [-0.2, -0.15) is 0 Å². The van der Waals surface area contributed by atoms with E-state index in [0.29, 0.717) is 13.2 Å². The van der Waals surface area contributed by atoms with Gasteiger partial charge in [-0.15, -0.1) is 6.58 Å². The number of hydrogen-bond donors (Lipinski definition) is 0. The summed E-state index contributed by atoms with van der Waals surface area (Å²) in [4.78, 5) is 0. The molecule has 0 unspecified atom stereocenters. The lowest BCUT2D eigenvalue weighted by molar-refractivity contribution is 0.189. The fourth-order valence-electron chi connectivity index (χ4n) is 0.738. The zero-order valence-electron chi connectivity index (χ0n) is 7.98. The molecule has 0 aromatic carbocycles. The van der Waals surface area contributed by atoms with Gasteiger partial charge in [0.2, 0.25) is 0 Å². The molecule has 0 saturated heterocycles. The van der Waals surface area contributed by atoms with Gasteiger partial charge in [0.15, 0.2) is 0 Å². The van der Waals surface area contributed by atoms with Gasteiger partial charge in [-0.1, -0.05) is 41.2 Å². The zero-order chi connectivity index (χ0) is 10.3. The molecule has 0 aliphatic heterocycles. The Morgan fingerprint density at radius 1 is 1.46 bits per heavy atom. The zero-order valence-corrected chi connectivity index (χ0v) is 9.56. The van der Waals surface area contributed by atoms with Crippen molar-refractivity contribution < 1.29 is 4.74 Å². The Kier molecular flexibility index (Phi) is 6.55. The highest BCUT2D eigenvalue weighted by atomic mass is 79.9. The van der Waals surface area contributed by atoms with Gasteiger partial charge >= 0.3 is 0 Å². The van der Waals surface area contributed by atoms with Crippen LogP contribution in [0.2, 0.25) is 0 Å². The van der Waals surface area contributed by atoms with Crippen LogP contribution in [0.5, 0.6) is 0 Å². The number of hydrogen-bond acceptors (Lipinski definition) is 1. The van der Waals surface area contributed by atoms with Crippen molar-refractivity contribution in [3.63, 3.8) is 0 Å². The molecule has 0 rings (SSSR count). The van der Waals surface area contributed by atoms with E-state index in [2.05, 4.69) is 35.7 Å². The SMILES string of the molecule is C=CCOC/C(C=C)=C(\Br)C(=C)C. The lowest BCUT2D eigenvalue weighted by Crippen LogP contribution is -1.98. The standard InChI is InChI=1S/C11H15BrO/c1-5-7-13-8-10(6-2)11(12)9(3)4/h5-6H,1-3,7-8H2,4H3/b11-10-. The Morgan fingerprint density at radius 3 is 2.46 bits per heavy atom. The fraction of sp³-hybridized carbons (Fsp3) is 0.273. The lowest BCUT2D eigenvalue weighted by atomic mass is 10.2. The summed E-state index contributed by atoms with van der Waals surface area (Å²) in [6, 6.07) is 0. The molecule has 0 saturated carbocycles. The van der Waals surface area contributed by atoms with E-state index in [-0.39, 0.29) is 0 Å². The van der Waals surface area contributed by atoms with Gasteiger partial charge in [-0.25, -0.2) is 0 Å². The Bertz CT molecular complexity index is 238. The fourth-order valence-corrected chi connectivity index (χ4v) is 1.01. The van der Waals surface area contributed by atoms with E-state index in [4.69, 9.17) is 4.74 Å². The Morgan fingerprint density at radius 2 is 2.08 bits per heavy atom. The molecule has 0 bridgehead atoms. The minimum absolute atomic E-state index is 0.531. The molecule has 0 radical (unpaired) electrons. The Labute approximate surface area is 88.6 Å². The van der Waals surface area contributed by atoms with Crippen molar-refractivity contribution in [3.8, 4) is 0 Å². The molecule has 0 aromatic rings. The number of halogens is 1. The van der Waals surface area contributed by atoms with Gasteiger partial charge in [0, 0.05) is 4.48 Å². The minimum atomic E-state index is 0.531. The van der Waals surface area contributed by atoms with E-state index in [1.54, 1.807) is 12.2 Å². The molecule has 0 heterocycles. The molecule has 0 aromatic heterocycles. The van der Waals surface area contributed by atoms with Crippen molar-refractivity contribution >= 4 is 15.9 Å². The Hall–Kier alpha value is -0.600. The van der Waals surface area contributed by atoms with E-state index < -0.39 is 0 Å². The maximum Gasteiger partial charge on any atom is 0.0731 e. The maximum absolute atomic E-state index is 5.29. The molecule has 0 amide bonds. The van der Waals surface area contributed by atoms with E-state index >= 15 is 0 Å². The van der Waals surface area contributed by atoms with Gasteiger partial charge in [0.1, 0.15) is 0 Å². The van der Waals surface area contributed by atoms with Crippen LogP contribution in [-0.2, 0) is 4.74 Å². The number of allylic oxidation sites excluding steroid dienone is 2. The first-order valence-corrected chi connectivity index (χ1v) is 4.78. The maximum atomic E-state index is 5.29. The lowest BCUT2D eigenvalue weighted by Gasteiger charge is -2.06. The second-order valence-electron chi connectivity index (χ2n) is 2.63. The second-order valence-corrected chi connectivity index (χ2v) is 3.42. The minimum Gasteiger partial charge on any atom is -0.373 e. The van der Waals surface area contributed by atoms with Gasteiger partial charge in [0.25, 0.3) is 0 Å². The third-order valence-electron chi connectivity index (χ3n) is 1.40. The third-order valence-corrected chi connectivity index (χ3v) is 2.58. The first kappa shape index (κ1) is 12.4. The molecule has 0 spiro atoms. The van der Waals surface area contributed by atoms with Gasteiger partial charge in [-0.05, 0) is 18.1 Å². The summed E-state index contributed by atoms with van der Waals surface area (Å²) >= 11 is 3.42. The summed E-state index contributed by atoms with van der Waals surface area (Å²) < 4.78 is 6.25. The predicted octanol–water partition coefficient (Wildman–Crippen LogP) is 3.60. The summed E-state index contributed by atoms with van der Waals surface area (Å²) in [5.74, 6) is 0. The summed E-state index contributed by atoms with van der Waals surface area (Å²) in [5.41, 5.74) is 1.98. The van der Waals surface area contributed by atoms with Crippen LogP contribution in [0.15, 0.2) is 47.5 Å². The average molecular weight is 243 g/mol. The molecule has 0 fully saturated rings. The van der Waals surface area contributed by atoms with Crippen molar-refractivity contribution in [2.45, 2.75) is 6.92 Å². The molecular weight excluding hydrogens is 228 g/mol. The number of ether oxygens (including phenoxy) is 1. The number of rotatable bonds is 6. The highest BCUT2D eigenvalue weighted by molar-refractivity contribution is 9.12. The molecule has 1 nitrogen and oxygen atoms in total. The molecule has 13 heavy (non-hydrogen) atoms. The molecule has 0 aliphatic rings. The van der Waals surface area contributed by atoms with Gasteiger partial charge < -0.3 is 4.74 Å². The highest BCUT2D eigenvalue weighted by Crippen LogP contribution is 2.20. The van der Waals surface area contributed by atoms with E-state index in [1.807, 2.05) is 6.92 Å². The summed E-state index contributed by atoms with van der Waals surface area (Å²) in [6.07, 6.45) is 3.48. The molecular formula is C11H15BrO. The van der Waals surface area contributed by atoms with Crippen molar-refractivity contribution in [3.05, 3.63) is 47.5 Å². The summed E-state index contributed by atoms with van der Waals surface area (Å²) in [5, 5.41) is 0. The van der Waals surface area contributed by atoms with Crippen molar-refractivity contribution in [1.29, 1.82) is 0 Å². The van der Waals surface area contributed by atoms with Crippen LogP contribution in [0.4, 0.5) is 0 Å². The largest absolute Gasteiger partial charge is 0.373 e. The summed E-state index contributed by atoms with van der Waals surface area (Å²) in [7, 11) is 0. The monoisotopic (exact) mass is 242 g/mol. The summed E-state index contributed by atoms with van der Waals surface area (Å²) in [6.45, 7) is 14.1. The molecule has 0 aliphatic carbocycles. The molecule has 0 atom stereocenters. The van der Waals surface area contributed by atoms with Crippen LogP contribution in [0, 0.1) is 0 Å². The Balaban J connectivity index is 4.31. The average Bonchev–Trinajstić information content (AvgIpc) is 2.11. The van der Waals surface area contributed by atoms with Gasteiger partial charge in [0.05, 0.1) is 13.2 Å². The third kappa shape index (κ3) is 4.86. The normalized spacial score (nSPS) is 11.8. The van der Waals surface area contributed by atoms with Crippen LogP contribution in [0.1, 0.15) is 6.92 Å². The quantitative estimate of drug-likeness (QED) is 0.393. The second kappa shape index (κ2) is 6.87. The van der Waals surface area contributed by atoms with Crippen LogP contribution >= 0.6 is 15.9 Å².